The van der Waals surface area contributed by atoms with Crippen molar-refractivity contribution >= 4 is 23.2 Å². The standard InChI is InChI=1S/C18H18FN5O/c19-14-7-1-2-8-15(14)20-17(25)13-6-5-10-23(12-13)18-22-21-16-9-3-4-11-24(16)18/h1-4,7-9,11,13H,5-6,10,12H2,(H,20,25). The number of rotatable bonds is 3. The molecule has 3 heterocycles. The molecule has 1 aliphatic rings. The molecule has 6 nitrogen and oxygen atoms in total. The number of piperidine rings is 1. The Labute approximate surface area is 144 Å². The summed E-state index contributed by atoms with van der Waals surface area (Å²) in [5, 5.41) is 11.1. The first-order valence-corrected chi connectivity index (χ1v) is 8.32. The molecular formula is C18H18FN5O. The molecule has 1 aromatic carbocycles. The van der Waals surface area contributed by atoms with Crippen LogP contribution in [0.15, 0.2) is 48.7 Å². The monoisotopic (exact) mass is 339 g/mol. The lowest BCUT2D eigenvalue weighted by molar-refractivity contribution is -0.120. The number of benzene rings is 1. The molecule has 128 valence electrons. The molecule has 1 saturated heterocycles. The van der Waals surface area contributed by atoms with Gasteiger partial charge in [0.15, 0.2) is 5.65 Å². The quantitative estimate of drug-likeness (QED) is 0.797. The lowest BCUT2D eigenvalue weighted by atomic mass is 9.97. The fourth-order valence-electron chi connectivity index (χ4n) is 3.21. The number of nitrogens with one attached hydrogen (secondary N) is 1. The SMILES string of the molecule is O=C(Nc1ccccc1F)C1CCCN(c2nnc3ccccn23)C1. The maximum Gasteiger partial charge on any atom is 0.231 e. The van der Waals surface area contributed by atoms with Crippen LogP contribution in [-0.4, -0.2) is 33.6 Å². The van der Waals surface area contributed by atoms with Crippen molar-refractivity contribution in [1.29, 1.82) is 0 Å². The predicted molar refractivity (Wildman–Crippen MR) is 93.0 cm³/mol. The summed E-state index contributed by atoms with van der Waals surface area (Å²) in [7, 11) is 0. The normalized spacial score (nSPS) is 17.6. The molecular weight excluding hydrogens is 321 g/mol. The molecule has 1 fully saturated rings. The lowest BCUT2D eigenvalue weighted by Gasteiger charge is -2.32. The van der Waals surface area contributed by atoms with Gasteiger partial charge in [-0.1, -0.05) is 18.2 Å². The van der Waals surface area contributed by atoms with Crippen molar-refractivity contribution in [2.75, 3.05) is 23.3 Å². The maximum absolute atomic E-state index is 13.7. The minimum absolute atomic E-state index is 0.163. The molecule has 0 spiro atoms. The van der Waals surface area contributed by atoms with Gasteiger partial charge in [0.1, 0.15) is 5.82 Å². The minimum Gasteiger partial charge on any atom is -0.340 e. The summed E-state index contributed by atoms with van der Waals surface area (Å²) in [5.74, 6) is -0.0704. The van der Waals surface area contributed by atoms with E-state index in [4.69, 9.17) is 0 Å². The predicted octanol–water partition coefficient (Wildman–Crippen LogP) is 2.72. The number of carbonyl (C=O) groups is 1. The van der Waals surface area contributed by atoms with E-state index < -0.39 is 5.82 Å². The average molecular weight is 339 g/mol. The number of hydrogen-bond donors (Lipinski definition) is 1. The Morgan fingerprint density at radius 2 is 2.00 bits per heavy atom. The molecule has 1 aliphatic heterocycles. The van der Waals surface area contributed by atoms with Crippen molar-refractivity contribution in [1.82, 2.24) is 14.6 Å². The van der Waals surface area contributed by atoms with Gasteiger partial charge in [-0.05, 0) is 37.1 Å². The van der Waals surface area contributed by atoms with E-state index in [0.29, 0.717) is 6.54 Å². The second-order valence-electron chi connectivity index (χ2n) is 6.18. The van der Waals surface area contributed by atoms with Crippen LogP contribution in [0.3, 0.4) is 0 Å². The number of anilines is 2. The highest BCUT2D eigenvalue weighted by Crippen LogP contribution is 2.24. The van der Waals surface area contributed by atoms with Gasteiger partial charge in [-0.2, -0.15) is 0 Å². The molecule has 1 N–H and O–H groups in total. The zero-order valence-electron chi connectivity index (χ0n) is 13.6. The van der Waals surface area contributed by atoms with E-state index in [-0.39, 0.29) is 17.5 Å². The summed E-state index contributed by atoms with van der Waals surface area (Å²) < 4.78 is 15.7. The number of pyridine rings is 1. The van der Waals surface area contributed by atoms with E-state index in [0.717, 1.165) is 31.0 Å². The number of para-hydroxylation sites is 1. The fourth-order valence-corrected chi connectivity index (χ4v) is 3.21. The zero-order chi connectivity index (χ0) is 17.2. The van der Waals surface area contributed by atoms with Crippen molar-refractivity contribution in [2.45, 2.75) is 12.8 Å². The molecule has 2 aromatic heterocycles. The van der Waals surface area contributed by atoms with Crippen molar-refractivity contribution in [3.63, 3.8) is 0 Å². The third kappa shape index (κ3) is 3.05. The summed E-state index contributed by atoms with van der Waals surface area (Å²) in [6.07, 6.45) is 3.55. The van der Waals surface area contributed by atoms with E-state index in [2.05, 4.69) is 20.4 Å². The van der Waals surface area contributed by atoms with Crippen LogP contribution in [-0.2, 0) is 4.79 Å². The zero-order valence-corrected chi connectivity index (χ0v) is 13.6. The van der Waals surface area contributed by atoms with Crippen molar-refractivity contribution in [3.8, 4) is 0 Å². The first kappa shape index (κ1) is 15.6. The van der Waals surface area contributed by atoms with Gasteiger partial charge in [0, 0.05) is 19.3 Å². The van der Waals surface area contributed by atoms with Gasteiger partial charge in [-0.25, -0.2) is 4.39 Å². The van der Waals surface area contributed by atoms with Crippen LogP contribution in [0, 0.1) is 11.7 Å². The molecule has 0 bridgehead atoms. The Kier molecular flexibility index (Phi) is 4.05. The van der Waals surface area contributed by atoms with Crippen LogP contribution in [0.4, 0.5) is 16.0 Å². The van der Waals surface area contributed by atoms with Gasteiger partial charge < -0.3 is 10.2 Å². The summed E-state index contributed by atoms with van der Waals surface area (Å²) >= 11 is 0. The van der Waals surface area contributed by atoms with Crippen LogP contribution >= 0.6 is 0 Å². The van der Waals surface area contributed by atoms with E-state index in [1.54, 1.807) is 18.2 Å². The van der Waals surface area contributed by atoms with Crippen LogP contribution in [0.25, 0.3) is 5.65 Å². The van der Waals surface area contributed by atoms with Gasteiger partial charge in [0.25, 0.3) is 0 Å². The highest BCUT2D eigenvalue weighted by Gasteiger charge is 2.28. The Balaban J connectivity index is 1.51. The molecule has 25 heavy (non-hydrogen) atoms. The largest absolute Gasteiger partial charge is 0.340 e. The summed E-state index contributed by atoms with van der Waals surface area (Å²) in [6.45, 7) is 1.36. The number of carbonyl (C=O) groups excluding carboxylic acids is 1. The number of halogens is 1. The van der Waals surface area contributed by atoms with Crippen LogP contribution in [0.5, 0.6) is 0 Å². The van der Waals surface area contributed by atoms with Crippen LogP contribution in [0.1, 0.15) is 12.8 Å². The number of aromatic nitrogens is 3. The van der Waals surface area contributed by atoms with Gasteiger partial charge in [0.05, 0.1) is 11.6 Å². The fraction of sp³-hybridized carbons (Fsp3) is 0.278. The maximum atomic E-state index is 13.7. The third-order valence-corrected chi connectivity index (χ3v) is 4.50. The van der Waals surface area contributed by atoms with Crippen LogP contribution < -0.4 is 10.2 Å². The van der Waals surface area contributed by atoms with E-state index in [9.17, 15) is 9.18 Å². The van der Waals surface area contributed by atoms with E-state index in [1.165, 1.54) is 6.07 Å². The molecule has 4 rings (SSSR count). The van der Waals surface area contributed by atoms with Crippen molar-refractivity contribution < 1.29 is 9.18 Å². The van der Waals surface area contributed by atoms with E-state index in [1.807, 2.05) is 28.8 Å². The molecule has 1 amide bonds. The third-order valence-electron chi connectivity index (χ3n) is 4.50. The van der Waals surface area contributed by atoms with Crippen molar-refractivity contribution in [3.05, 3.63) is 54.5 Å². The smallest absolute Gasteiger partial charge is 0.231 e. The van der Waals surface area contributed by atoms with Gasteiger partial charge in [0.2, 0.25) is 11.9 Å². The Morgan fingerprint density at radius 1 is 1.16 bits per heavy atom. The molecule has 0 saturated carbocycles. The van der Waals surface area contributed by atoms with Crippen LogP contribution in [0.2, 0.25) is 0 Å². The molecule has 0 aliphatic carbocycles. The highest BCUT2D eigenvalue weighted by molar-refractivity contribution is 5.93. The molecule has 3 aromatic rings. The highest BCUT2D eigenvalue weighted by atomic mass is 19.1. The summed E-state index contributed by atoms with van der Waals surface area (Å²) in [4.78, 5) is 14.6. The number of nitrogens with zero attached hydrogens (tertiary/aromatic N) is 4. The Bertz CT molecular complexity index is 909. The Morgan fingerprint density at radius 3 is 2.88 bits per heavy atom. The number of amides is 1. The molecule has 1 atom stereocenters. The Hall–Kier alpha value is -2.96. The number of hydrogen-bond acceptors (Lipinski definition) is 4. The van der Waals surface area contributed by atoms with Gasteiger partial charge >= 0.3 is 0 Å². The topological polar surface area (TPSA) is 62.5 Å². The summed E-state index contributed by atoms with van der Waals surface area (Å²) in [6, 6.07) is 11.9. The lowest BCUT2D eigenvalue weighted by Crippen LogP contribution is -2.41. The minimum atomic E-state index is -0.424. The first-order valence-electron chi connectivity index (χ1n) is 8.32. The molecule has 1 unspecified atom stereocenters. The summed E-state index contributed by atoms with van der Waals surface area (Å²) in [5.41, 5.74) is 0.994. The average Bonchev–Trinajstić information content (AvgIpc) is 3.08. The van der Waals surface area contributed by atoms with Crippen molar-refractivity contribution in [2.24, 2.45) is 5.92 Å². The molecule has 7 heteroatoms. The first-order chi connectivity index (χ1) is 12.2. The van der Waals surface area contributed by atoms with E-state index >= 15 is 0 Å². The van der Waals surface area contributed by atoms with Gasteiger partial charge in [-0.15, -0.1) is 10.2 Å². The second-order valence-corrected chi connectivity index (χ2v) is 6.18. The van der Waals surface area contributed by atoms with Gasteiger partial charge in [-0.3, -0.25) is 9.20 Å². The second kappa shape index (κ2) is 6.51. The number of fused-ring (bicyclic) bond motifs is 1. The molecule has 0 radical (unpaired) electrons.